The molecule has 1 fully saturated rings. The number of furan rings is 1. The standard InChI is InChI=1S/C19H22N2O2/c1-13-12-18(14(2)23-13)19(22)21-20-17-10-8-16(9-11-17)15-6-4-3-5-7-15/h3-7,12,16H,8-11H2,1-2H3,(H,21,22). The fraction of sp³-hybridized carbons (Fsp3) is 0.368. The zero-order valence-electron chi connectivity index (χ0n) is 13.6. The summed E-state index contributed by atoms with van der Waals surface area (Å²) in [5, 5.41) is 4.31. The van der Waals surface area contributed by atoms with Gasteiger partial charge in [0.05, 0.1) is 5.56 Å². The molecule has 23 heavy (non-hydrogen) atoms. The molecule has 1 aliphatic rings. The van der Waals surface area contributed by atoms with Crippen molar-refractivity contribution in [3.8, 4) is 0 Å². The maximum Gasteiger partial charge on any atom is 0.274 e. The smallest absolute Gasteiger partial charge is 0.274 e. The maximum absolute atomic E-state index is 12.1. The number of benzene rings is 1. The number of carbonyl (C=O) groups is 1. The molecule has 3 rings (SSSR count). The zero-order valence-corrected chi connectivity index (χ0v) is 13.6. The Kier molecular flexibility index (Phi) is 4.60. The van der Waals surface area contributed by atoms with Gasteiger partial charge < -0.3 is 4.42 Å². The van der Waals surface area contributed by atoms with Crippen LogP contribution in [0.15, 0.2) is 45.9 Å². The zero-order chi connectivity index (χ0) is 16.2. The van der Waals surface area contributed by atoms with Crippen LogP contribution in [0.5, 0.6) is 0 Å². The van der Waals surface area contributed by atoms with Crippen LogP contribution < -0.4 is 5.43 Å². The summed E-state index contributed by atoms with van der Waals surface area (Å²) in [4.78, 5) is 12.1. The number of nitrogens with one attached hydrogen (secondary N) is 1. The molecule has 0 atom stereocenters. The van der Waals surface area contributed by atoms with Crippen LogP contribution in [0.1, 0.15) is 59.0 Å². The third-order valence-corrected chi connectivity index (χ3v) is 4.43. The summed E-state index contributed by atoms with van der Waals surface area (Å²) in [6.07, 6.45) is 4.04. The first-order valence-electron chi connectivity index (χ1n) is 8.11. The molecule has 1 aromatic carbocycles. The Morgan fingerprint density at radius 3 is 2.48 bits per heavy atom. The van der Waals surface area contributed by atoms with E-state index in [1.165, 1.54) is 5.56 Å². The van der Waals surface area contributed by atoms with Crippen LogP contribution in [-0.2, 0) is 0 Å². The fourth-order valence-corrected chi connectivity index (χ4v) is 3.17. The molecule has 0 bridgehead atoms. The highest BCUT2D eigenvalue weighted by Crippen LogP contribution is 2.31. The molecule has 120 valence electrons. The quantitative estimate of drug-likeness (QED) is 0.857. The van der Waals surface area contributed by atoms with Gasteiger partial charge >= 0.3 is 0 Å². The van der Waals surface area contributed by atoms with Crippen LogP contribution in [-0.4, -0.2) is 11.6 Å². The van der Waals surface area contributed by atoms with Gasteiger partial charge in [-0.2, -0.15) is 5.10 Å². The Labute approximate surface area is 136 Å². The molecule has 1 amide bonds. The van der Waals surface area contributed by atoms with E-state index in [9.17, 15) is 4.79 Å². The van der Waals surface area contributed by atoms with Crippen molar-refractivity contribution in [2.45, 2.75) is 45.4 Å². The van der Waals surface area contributed by atoms with Crippen molar-refractivity contribution in [2.24, 2.45) is 5.10 Å². The van der Waals surface area contributed by atoms with Gasteiger partial charge in [0.2, 0.25) is 0 Å². The van der Waals surface area contributed by atoms with Gasteiger partial charge in [0.1, 0.15) is 11.5 Å². The lowest BCUT2D eigenvalue weighted by Crippen LogP contribution is -2.22. The first-order chi connectivity index (χ1) is 11.1. The third-order valence-electron chi connectivity index (χ3n) is 4.43. The summed E-state index contributed by atoms with van der Waals surface area (Å²) in [5.74, 6) is 1.78. The molecule has 0 aliphatic heterocycles. The number of aryl methyl sites for hydroxylation is 2. The minimum absolute atomic E-state index is 0.197. The van der Waals surface area contributed by atoms with Gasteiger partial charge in [-0.1, -0.05) is 30.3 Å². The number of hydrogen-bond acceptors (Lipinski definition) is 3. The van der Waals surface area contributed by atoms with Gasteiger partial charge in [-0.15, -0.1) is 0 Å². The topological polar surface area (TPSA) is 54.6 Å². The largest absolute Gasteiger partial charge is 0.466 e. The Hall–Kier alpha value is -2.36. The molecule has 1 aromatic heterocycles. The van der Waals surface area contributed by atoms with Gasteiger partial charge in [0.25, 0.3) is 5.91 Å². The van der Waals surface area contributed by atoms with Gasteiger partial charge in [-0.25, -0.2) is 5.43 Å². The van der Waals surface area contributed by atoms with Crippen molar-refractivity contribution in [3.05, 3.63) is 59.0 Å². The second kappa shape index (κ2) is 6.82. The van der Waals surface area contributed by atoms with Gasteiger partial charge in [-0.05, 0) is 57.1 Å². The van der Waals surface area contributed by atoms with E-state index in [1.54, 1.807) is 13.0 Å². The predicted octanol–water partition coefficient (Wildman–Crippen LogP) is 4.34. The van der Waals surface area contributed by atoms with Crippen LogP contribution in [0.2, 0.25) is 0 Å². The second-order valence-corrected chi connectivity index (χ2v) is 6.13. The highest BCUT2D eigenvalue weighted by atomic mass is 16.3. The van der Waals surface area contributed by atoms with Crippen LogP contribution in [0, 0.1) is 13.8 Å². The first-order valence-corrected chi connectivity index (χ1v) is 8.11. The van der Waals surface area contributed by atoms with E-state index in [1.807, 2.05) is 13.0 Å². The van der Waals surface area contributed by atoms with Crippen molar-refractivity contribution >= 4 is 11.6 Å². The highest BCUT2D eigenvalue weighted by molar-refractivity contribution is 5.96. The maximum atomic E-state index is 12.1. The molecule has 0 unspecified atom stereocenters. The Morgan fingerprint density at radius 1 is 1.17 bits per heavy atom. The average Bonchev–Trinajstić information content (AvgIpc) is 2.92. The Bertz CT molecular complexity index is 706. The lowest BCUT2D eigenvalue weighted by Gasteiger charge is -2.23. The van der Waals surface area contributed by atoms with E-state index in [4.69, 9.17) is 4.42 Å². The fourth-order valence-electron chi connectivity index (χ4n) is 3.17. The summed E-state index contributed by atoms with van der Waals surface area (Å²) in [6.45, 7) is 3.63. The van der Waals surface area contributed by atoms with Gasteiger partial charge in [0, 0.05) is 5.71 Å². The number of hydrazone groups is 1. The number of amides is 1. The monoisotopic (exact) mass is 310 g/mol. The van der Waals surface area contributed by atoms with Gasteiger partial charge in [0.15, 0.2) is 0 Å². The van der Waals surface area contributed by atoms with E-state index < -0.39 is 0 Å². The first kappa shape index (κ1) is 15.5. The molecular weight excluding hydrogens is 288 g/mol. The summed E-state index contributed by atoms with van der Waals surface area (Å²) < 4.78 is 5.38. The van der Waals surface area contributed by atoms with E-state index >= 15 is 0 Å². The summed E-state index contributed by atoms with van der Waals surface area (Å²) in [7, 11) is 0. The normalized spacial score (nSPS) is 17.8. The number of rotatable bonds is 3. The molecule has 4 nitrogen and oxygen atoms in total. The molecule has 1 saturated carbocycles. The second-order valence-electron chi connectivity index (χ2n) is 6.13. The summed E-state index contributed by atoms with van der Waals surface area (Å²) >= 11 is 0. The lowest BCUT2D eigenvalue weighted by atomic mass is 9.83. The SMILES string of the molecule is Cc1cc(C(=O)NN=C2CCC(c3ccccc3)CC2)c(C)o1. The molecule has 0 saturated heterocycles. The van der Waals surface area contributed by atoms with E-state index in [2.05, 4.69) is 34.8 Å². The van der Waals surface area contributed by atoms with Gasteiger partial charge in [-0.3, -0.25) is 4.79 Å². The van der Waals surface area contributed by atoms with Crippen LogP contribution in [0.25, 0.3) is 0 Å². The van der Waals surface area contributed by atoms with Crippen LogP contribution >= 0.6 is 0 Å². The highest BCUT2D eigenvalue weighted by Gasteiger charge is 2.19. The van der Waals surface area contributed by atoms with E-state index in [-0.39, 0.29) is 5.91 Å². The third kappa shape index (κ3) is 3.70. The van der Waals surface area contributed by atoms with E-state index in [0.29, 0.717) is 17.2 Å². The summed E-state index contributed by atoms with van der Waals surface area (Å²) in [6, 6.07) is 12.4. The lowest BCUT2D eigenvalue weighted by molar-refractivity contribution is 0.0953. The Morgan fingerprint density at radius 2 is 1.87 bits per heavy atom. The minimum Gasteiger partial charge on any atom is -0.466 e. The molecule has 4 heteroatoms. The molecule has 1 aliphatic carbocycles. The van der Waals surface area contributed by atoms with Crippen molar-refractivity contribution < 1.29 is 9.21 Å². The van der Waals surface area contributed by atoms with Crippen LogP contribution in [0.3, 0.4) is 0 Å². The van der Waals surface area contributed by atoms with E-state index in [0.717, 1.165) is 37.2 Å². The average molecular weight is 310 g/mol. The van der Waals surface area contributed by atoms with Crippen molar-refractivity contribution in [2.75, 3.05) is 0 Å². The van der Waals surface area contributed by atoms with Crippen LogP contribution in [0.4, 0.5) is 0 Å². The van der Waals surface area contributed by atoms with Crippen molar-refractivity contribution in [3.63, 3.8) is 0 Å². The molecule has 0 radical (unpaired) electrons. The molecular formula is C19H22N2O2. The number of nitrogens with zero attached hydrogens (tertiary/aromatic N) is 1. The Balaban J connectivity index is 1.56. The number of carbonyl (C=O) groups excluding carboxylic acids is 1. The summed E-state index contributed by atoms with van der Waals surface area (Å²) in [5.41, 5.74) is 5.70. The van der Waals surface area contributed by atoms with Crippen molar-refractivity contribution in [1.29, 1.82) is 0 Å². The predicted molar refractivity (Wildman–Crippen MR) is 90.7 cm³/mol. The molecule has 0 spiro atoms. The minimum atomic E-state index is -0.197. The van der Waals surface area contributed by atoms with Crippen molar-refractivity contribution in [1.82, 2.24) is 5.43 Å². The molecule has 2 aromatic rings. The molecule has 1 N–H and O–H groups in total. The molecule has 1 heterocycles. The number of hydrogen-bond donors (Lipinski definition) is 1.